The number of carbonyl (C=O) groups excluding carboxylic acids is 1. The molecule has 0 aliphatic carbocycles. The van der Waals surface area contributed by atoms with E-state index < -0.39 is 0 Å². The number of methoxy groups -OCH3 is 1. The lowest BCUT2D eigenvalue weighted by atomic mass is 10.1. The Labute approximate surface area is 104 Å². The zero-order valence-electron chi connectivity index (χ0n) is 10.6. The van der Waals surface area contributed by atoms with Gasteiger partial charge >= 0.3 is 5.97 Å². The molecule has 2 nitrogen and oxygen atoms in total. The van der Waals surface area contributed by atoms with E-state index in [0.29, 0.717) is 11.3 Å². The van der Waals surface area contributed by atoms with Gasteiger partial charge in [-0.15, -0.1) is 0 Å². The Hall–Kier alpha value is -0.440. The number of esters is 1. The summed E-state index contributed by atoms with van der Waals surface area (Å²) in [7, 11) is 1.39. The van der Waals surface area contributed by atoms with Crippen LogP contribution >= 0.6 is 11.8 Å². The van der Waals surface area contributed by atoms with Crippen LogP contribution in [-0.4, -0.2) is 24.6 Å². The second-order valence-electron chi connectivity index (χ2n) is 3.92. The minimum atomic E-state index is -0.282. The molecule has 0 aliphatic rings. The molecule has 0 aromatic heterocycles. The fourth-order valence-corrected chi connectivity index (χ4v) is 2.30. The number of hydrogen-bond donors (Lipinski definition) is 0. The van der Waals surface area contributed by atoms with Gasteiger partial charge in [-0.2, -0.15) is 11.8 Å². The molecule has 0 saturated carbocycles. The van der Waals surface area contributed by atoms with Gasteiger partial charge in [0.05, 0.1) is 7.11 Å². The predicted molar refractivity (Wildman–Crippen MR) is 71.9 cm³/mol. The molecule has 0 heterocycles. The smallest absolute Gasteiger partial charge is 0.333 e. The number of unbranched alkanes of at least 4 members (excludes halogenated alkanes) is 5. The maximum atomic E-state index is 11.0. The summed E-state index contributed by atoms with van der Waals surface area (Å²) in [6, 6.07) is 0. The molecule has 0 rings (SSSR count). The first kappa shape index (κ1) is 15.6. The van der Waals surface area contributed by atoms with Crippen molar-refractivity contribution in [3.8, 4) is 0 Å². The Morgan fingerprint density at radius 2 is 1.81 bits per heavy atom. The van der Waals surface area contributed by atoms with E-state index in [1.165, 1.54) is 45.6 Å². The molecule has 0 radical (unpaired) electrons. The number of rotatable bonds is 10. The molecule has 0 fully saturated rings. The van der Waals surface area contributed by atoms with Gasteiger partial charge in [-0.1, -0.05) is 45.6 Å². The molecule has 0 aromatic carbocycles. The molecule has 0 aliphatic heterocycles. The first-order chi connectivity index (χ1) is 7.72. The summed E-state index contributed by atoms with van der Waals surface area (Å²) in [5, 5.41) is 0. The molecule has 94 valence electrons. The summed E-state index contributed by atoms with van der Waals surface area (Å²) in [5.74, 6) is 1.53. The second-order valence-corrected chi connectivity index (χ2v) is 5.02. The van der Waals surface area contributed by atoms with Crippen molar-refractivity contribution in [1.29, 1.82) is 0 Å². The summed E-state index contributed by atoms with van der Waals surface area (Å²) in [6.45, 7) is 5.92. The molecule has 0 bridgehead atoms. The lowest BCUT2D eigenvalue weighted by molar-refractivity contribution is -0.135. The molecular formula is C13H24O2S. The highest BCUT2D eigenvalue weighted by atomic mass is 32.2. The Morgan fingerprint density at radius 3 is 2.44 bits per heavy atom. The van der Waals surface area contributed by atoms with Gasteiger partial charge in [0, 0.05) is 11.3 Å². The van der Waals surface area contributed by atoms with Gasteiger partial charge in [-0.25, -0.2) is 4.79 Å². The van der Waals surface area contributed by atoms with Crippen LogP contribution in [0.15, 0.2) is 12.2 Å². The molecule has 0 aromatic rings. The van der Waals surface area contributed by atoms with E-state index in [1.807, 2.05) is 0 Å². The monoisotopic (exact) mass is 244 g/mol. The second kappa shape index (κ2) is 11.1. The Kier molecular flexibility index (Phi) is 10.8. The van der Waals surface area contributed by atoms with E-state index in [1.54, 1.807) is 11.8 Å². The molecule has 0 amide bonds. The van der Waals surface area contributed by atoms with Crippen molar-refractivity contribution in [3.05, 3.63) is 12.2 Å². The van der Waals surface area contributed by atoms with Crippen LogP contribution in [0.3, 0.4) is 0 Å². The van der Waals surface area contributed by atoms with Gasteiger partial charge in [-0.05, 0) is 12.2 Å². The van der Waals surface area contributed by atoms with Crippen molar-refractivity contribution < 1.29 is 9.53 Å². The van der Waals surface area contributed by atoms with Crippen molar-refractivity contribution >= 4 is 17.7 Å². The average Bonchev–Trinajstić information content (AvgIpc) is 2.31. The maximum Gasteiger partial charge on any atom is 0.333 e. The molecule has 3 heteroatoms. The summed E-state index contributed by atoms with van der Waals surface area (Å²) in [5.41, 5.74) is 0.568. The highest BCUT2D eigenvalue weighted by Gasteiger charge is 2.05. The van der Waals surface area contributed by atoms with Crippen LogP contribution in [0.5, 0.6) is 0 Å². The summed E-state index contributed by atoms with van der Waals surface area (Å²) in [6.07, 6.45) is 7.89. The molecule has 16 heavy (non-hydrogen) atoms. The minimum Gasteiger partial charge on any atom is -0.466 e. The van der Waals surface area contributed by atoms with Crippen molar-refractivity contribution in [2.24, 2.45) is 0 Å². The van der Waals surface area contributed by atoms with E-state index in [0.717, 1.165) is 5.75 Å². The third-order valence-corrected chi connectivity index (χ3v) is 3.52. The van der Waals surface area contributed by atoms with Gasteiger partial charge in [-0.3, -0.25) is 0 Å². The van der Waals surface area contributed by atoms with Crippen LogP contribution in [-0.2, 0) is 9.53 Å². The summed E-state index contributed by atoms with van der Waals surface area (Å²) in [4.78, 5) is 11.0. The minimum absolute atomic E-state index is 0.282. The van der Waals surface area contributed by atoms with Gasteiger partial charge in [0.1, 0.15) is 0 Å². The number of hydrogen-bond acceptors (Lipinski definition) is 3. The first-order valence-corrected chi connectivity index (χ1v) is 7.21. The number of ether oxygens (including phenoxy) is 1. The molecular weight excluding hydrogens is 220 g/mol. The zero-order chi connectivity index (χ0) is 12.2. The van der Waals surface area contributed by atoms with Gasteiger partial charge < -0.3 is 4.74 Å². The van der Waals surface area contributed by atoms with Crippen molar-refractivity contribution in [2.45, 2.75) is 45.4 Å². The Balaban J connectivity index is 3.21. The van der Waals surface area contributed by atoms with Crippen LogP contribution in [0.2, 0.25) is 0 Å². The fraction of sp³-hybridized carbons (Fsp3) is 0.769. The zero-order valence-corrected chi connectivity index (χ0v) is 11.4. The first-order valence-electron chi connectivity index (χ1n) is 6.06. The van der Waals surface area contributed by atoms with Crippen LogP contribution in [0.1, 0.15) is 45.4 Å². The Morgan fingerprint density at radius 1 is 1.19 bits per heavy atom. The molecule has 0 saturated heterocycles. The van der Waals surface area contributed by atoms with E-state index in [9.17, 15) is 4.79 Å². The highest BCUT2D eigenvalue weighted by molar-refractivity contribution is 7.99. The standard InChI is InChI=1S/C13H24O2S/c1-4-5-6-7-8-9-10-16-11-12(2)13(14)15-3/h2,4-11H2,1,3H3. The van der Waals surface area contributed by atoms with Crippen LogP contribution < -0.4 is 0 Å². The third-order valence-electron chi connectivity index (χ3n) is 2.39. The average molecular weight is 244 g/mol. The fourth-order valence-electron chi connectivity index (χ4n) is 1.38. The summed E-state index contributed by atoms with van der Waals surface area (Å²) < 4.78 is 4.58. The number of thioether (sulfide) groups is 1. The van der Waals surface area contributed by atoms with Gasteiger partial charge in [0.15, 0.2) is 0 Å². The largest absolute Gasteiger partial charge is 0.466 e. The highest BCUT2D eigenvalue weighted by Crippen LogP contribution is 2.12. The predicted octanol–water partition coefficient (Wildman–Crippen LogP) is 3.81. The quantitative estimate of drug-likeness (QED) is 0.332. The third kappa shape index (κ3) is 8.84. The van der Waals surface area contributed by atoms with Gasteiger partial charge in [0.25, 0.3) is 0 Å². The van der Waals surface area contributed by atoms with Crippen molar-refractivity contribution in [2.75, 3.05) is 18.6 Å². The number of carbonyl (C=O) groups is 1. The van der Waals surface area contributed by atoms with Crippen molar-refractivity contribution in [3.63, 3.8) is 0 Å². The van der Waals surface area contributed by atoms with Gasteiger partial charge in [0.2, 0.25) is 0 Å². The van der Waals surface area contributed by atoms with E-state index >= 15 is 0 Å². The topological polar surface area (TPSA) is 26.3 Å². The van der Waals surface area contributed by atoms with Crippen LogP contribution in [0, 0.1) is 0 Å². The Bertz CT molecular complexity index is 202. The molecule has 0 unspecified atom stereocenters. The van der Waals surface area contributed by atoms with Crippen LogP contribution in [0.4, 0.5) is 0 Å². The SMILES string of the molecule is C=C(CSCCCCCCCC)C(=O)OC. The lowest BCUT2D eigenvalue weighted by Gasteiger charge is -2.03. The van der Waals surface area contributed by atoms with Crippen LogP contribution in [0.25, 0.3) is 0 Å². The lowest BCUT2D eigenvalue weighted by Crippen LogP contribution is -2.05. The maximum absolute atomic E-state index is 11.0. The molecule has 0 N–H and O–H groups in total. The van der Waals surface area contributed by atoms with E-state index in [4.69, 9.17) is 0 Å². The molecule has 0 atom stereocenters. The normalized spacial score (nSPS) is 10.1. The van der Waals surface area contributed by atoms with E-state index in [2.05, 4.69) is 18.2 Å². The van der Waals surface area contributed by atoms with E-state index in [-0.39, 0.29) is 5.97 Å². The van der Waals surface area contributed by atoms with Crippen molar-refractivity contribution in [1.82, 2.24) is 0 Å². The summed E-state index contributed by atoms with van der Waals surface area (Å²) >= 11 is 1.77. The molecule has 0 spiro atoms.